The third kappa shape index (κ3) is 2.52. The second kappa shape index (κ2) is 3.79. The van der Waals surface area contributed by atoms with Crippen molar-refractivity contribution in [3.8, 4) is 5.75 Å². The van der Waals surface area contributed by atoms with Crippen LogP contribution >= 0.6 is 11.6 Å². The van der Waals surface area contributed by atoms with E-state index in [1.54, 1.807) is 0 Å². The average Bonchev–Trinajstić information content (AvgIpc) is 2.16. The number of hydrogen-bond acceptors (Lipinski definition) is 3. The summed E-state index contributed by atoms with van der Waals surface area (Å²) in [5, 5.41) is 0.178. The Morgan fingerprint density at radius 3 is 2.62 bits per heavy atom. The first-order valence-electron chi connectivity index (χ1n) is 4.12. The molecule has 1 heterocycles. The number of aromatic nitrogens is 2. The van der Waals surface area contributed by atoms with Gasteiger partial charge in [0.1, 0.15) is 10.9 Å². The molecule has 0 amide bonds. The largest absolute Gasteiger partial charge is 0.573 e. The van der Waals surface area contributed by atoms with E-state index in [2.05, 4.69) is 14.7 Å². The molecule has 0 saturated carbocycles. The summed E-state index contributed by atoms with van der Waals surface area (Å²) in [4.78, 5) is 7.71. The van der Waals surface area contributed by atoms with Gasteiger partial charge in [-0.1, -0.05) is 11.6 Å². The Morgan fingerprint density at radius 1 is 1.19 bits per heavy atom. The molecule has 0 radical (unpaired) electrons. The van der Waals surface area contributed by atoms with E-state index in [1.807, 2.05) is 0 Å². The van der Waals surface area contributed by atoms with Gasteiger partial charge in [0.15, 0.2) is 0 Å². The van der Waals surface area contributed by atoms with Crippen molar-refractivity contribution in [1.29, 1.82) is 0 Å². The Kier molecular flexibility index (Phi) is 2.59. The van der Waals surface area contributed by atoms with E-state index in [1.165, 1.54) is 12.3 Å². The molecule has 1 aromatic carbocycles. The number of ether oxygens (including phenoxy) is 1. The van der Waals surface area contributed by atoms with Gasteiger partial charge in [0.2, 0.25) is 0 Å². The maximum Gasteiger partial charge on any atom is 0.573 e. The average molecular weight is 249 g/mol. The first kappa shape index (κ1) is 10.9. The normalized spacial score (nSPS) is 11.8. The lowest BCUT2D eigenvalue weighted by Crippen LogP contribution is -2.17. The SMILES string of the molecule is FC(F)(F)Oc1ccc2nc(Cl)cnc2c1. The van der Waals surface area contributed by atoms with Crippen molar-refractivity contribution in [3.05, 3.63) is 29.5 Å². The highest BCUT2D eigenvalue weighted by Gasteiger charge is 2.31. The monoisotopic (exact) mass is 248 g/mol. The minimum absolute atomic E-state index is 0.178. The zero-order chi connectivity index (χ0) is 11.8. The van der Waals surface area contributed by atoms with Crippen LogP contribution in [0.25, 0.3) is 11.0 Å². The molecule has 0 atom stereocenters. The second-order valence-corrected chi connectivity index (χ2v) is 3.28. The predicted molar refractivity (Wildman–Crippen MR) is 51.2 cm³/mol. The van der Waals surface area contributed by atoms with Gasteiger partial charge in [-0.3, -0.25) is 4.98 Å². The van der Waals surface area contributed by atoms with Gasteiger partial charge >= 0.3 is 6.36 Å². The second-order valence-electron chi connectivity index (χ2n) is 2.89. The van der Waals surface area contributed by atoms with Gasteiger partial charge in [-0.05, 0) is 12.1 Å². The van der Waals surface area contributed by atoms with Gasteiger partial charge in [-0.2, -0.15) is 0 Å². The van der Waals surface area contributed by atoms with Gasteiger partial charge < -0.3 is 4.74 Å². The maximum absolute atomic E-state index is 11.9. The van der Waals surface area contributed by atoms with Crippen LogP contribution in [0.3, 0.4) is 0 Å². The summed E-state index contributed by atoms with van der Waals surface area (Å²) in [6.45, 7) is 0. The molecule has 84 valence electrons. The molecule has 0 spiro atoms. The molecule has 0 saturated heterocycles. The molecule has 0 aliphatic rings. The molecule has 2 aromatic rings. The number of hydrogen-bond donors (Lipinski definition) is 0. The molecule has 1 aromatic heterocycles. The van der Waals surface area contributed by atoms with Crippen molar-refractivity contribution in [2.24, 2.45) is 0 Å². The number of benzene rings is 1. The van der Waals surface area contributed by atoms with Gasteiger partial charge in [-0.15, -0.1) is 13.2 Å². The molecule has 3 nitrogen and oxygen atoms in total. The first-order valence-corrected chi connectivity index (χ1v) is 4.50. The first-order chi connectivity index (χ1) is 7.44. The van der Waals surface area contributed by atoms with Gasteiger partial charge in [0, 0.05) is 6.07 Å². The van der Waals surface area contributed by atoms with E-state index in [-0.39, 0.29) is 16.4 Å². The molecule has 0 fully saturated rings. The van der Waals surface area contributed by atoms with Crippen LogP contribution in [0.1, 0.15) is 0 Å². The smallest absolute Gasteiger partial charge is 0.406 e. The molecular weight excluding hydrogens is 245 g/mol. The highest BCUT2D eigenvalue weighted by molar-refractivity contribution is 6.29. The number of nitrogens with zero attached hydrogens (tertiary/aromatic N) is 2. The number of rotatable bonds is 1. The van der Waals surface area contributed by atoms with Crippen molar-refractivity contribution in [1.82, 2.24) is 9.97 Å². The van der Waals surface area contributed by atoms with Crippen LogP contribution in [0.15, 0.2) is 24.4 Å². The van der Waals surface area contributed by atoms with Gasteiger partial charge in [0.05, 0.1) is 17.2 Å². The van der Waals surface area contributed by atoms with Crippen molar-refractivity contribution in [2.75, 3.05) is 0 Å². The van der Waals surface area contributed by atoms with Crippen LogP contribution in [-0.4, -0.2) is 16.3 Å². The summed E-state index contributed by atoms with van der Waals surface area (Å²) >= 11 is 5.58. The lowest BCUT2D eigenvalue weighted by molar-refractivity contribution is -0.274. The zero-order valence-corrected chi connectivity index (χ0v) is 8.38. The Balaban J connectivity index is 2.41. The molecule has 7 heteroatoms. The standard InChI is InChI=1S/C9H4ClF3N2O/c10-8-4-14-7-3-5(16-9(11,12)13)1-2-6(7)15-8/h1-4H. The lowest BCUT2D eigenvalue weighted by atomic mass is 10.3. The van der Waals surface area contributed by atoms with Crippen LogP contribution in [0, 0.1) is 0 Å². The lowest BCUT2D eigenvalue weighted by Gasteiger charge is -2.08. The summed E-state index contributed by atoms with van der Waals surface area (Å²) in [5.74, 6) is -0.336. The highest BCUT2D eigenvalue weighted by atomic mass is 35.5. The summed E-state index contributed by atoms with van der Waals surface area (Å²) in [6, 6.07) is 3.66. The fourth-order valence-corrected chi connectivity index (χ4v) is 1.30. The Morgan fingerprint density at radius 2 is 1.94 bits per heavy atom. The number of alkyl halides is 3. The maximum atomic E-state index is 11.9. The molecule has 16 heavy (non-hydrogen) atoms. The van der Waals surface area contributed by atoms with Crippen LogP contribution in [0.5, 0.6) is 5.75 Å². The Labute approximate surface area is 92.8 Å². The van der Waals surface area contributed by atoms with E-state index in [0.29, 0.717) is 5.52 Å². The molecule has 0 N–H and O–H groups in total. The van der Waals surface area contributed by atoms with Crippen molar-refractivity contribution >= 4 is 22.6 Å². The summed E-state index contributed by atoms with van der Waals surface area (Å²) < 4.78 is 39.5. The zero-order valence-electron chi connectivity index (χ0n) is 7.62. The van der Waals surface area contributed by atoms with E-state index in [0.717, 1.165) is 12.1 Å². The van der Waals surface area contributed by atoms with Crippen LogP contribution < -0.4 is 4.74 Å². The number of fused-ring (bicyclic) bond motifs is 1. The van der Waals surface area contributed by atoms with E-state index < -0.39 is 6.36 Å². The minimum Gasteiger partial charge on any atom is -0.406 e. The van der Waals surface area contributed by atoms with Crippen molar-refractivity contribution in [2.45, 2.75) is 6.36 Å². The fourth-order valence-electron chi connectivity index (χ4n) is 1.17. The quantitative estimate of drug-likeness (QED) is 0.777. The third-order valence-corrected chi connectivity index (χ3v) is 1.90. The van der Waals surface area contributed by atoms with Crippen molar-refractivity contribution in [3.63, 3.8) is 0 Å². The van der Waals surface area contributed by atoms with Crippen LogP contribution in [0.4, 0.5) is 13.2 Å². The molecule has 0 bridgehead atoms. The van der Waals surface area contributed by atoms with Crippen LogP contribution in [0.2, 0.25) is 5.15 Å². The minimum atomic E-state index is -4.71. The Bertz CT molecular complexity index is 530. The fraction of sp³-hybridized carbons (Fsp3) is 0.111. The predicted octanol–water partition coefficient (Wildman–Crippen LogP) is 3.18. The molecule has 0 aliphatic carbocycles. The van der Waals surface area contributed by atoms with E-state index >= 15 is 0 Å². The highest BCUT2D eigenvalue weighted by Crippen LogP contribution is 2.25. The van der Waals surface area contributed by atoms with E-state index in [4.69, 9.17) is 11.6 Å². The summed E-state index contributed by atoms with van der Waals surface area (Å²) in [5.41, 5.74) is 0.688. The van der Waals surface area contributed by atoms with E-state index in [9.17, 15) is 13.2 Å². The summed E-state index contributed by atoms with van der Waals surface area (Å²) in [7, 11) is 0. The molecule has 2 rings (SSSR count). The topological polar surface area (TPSA) is 35.0 Å². The summed E-state index contributed by atoms with van der Waals surface area (Å²) in [6.07, 6.45) is -3.46. The molecule has 0 aliphatic heterocycles. The van der Waals surface area contributed by atoms with Crippen molar-refractivity contribution < 1.29 is 17.9 Å². The third-order valence-electron chi connectivity index (χ3n) is 1.72. The number of halogens is 4. The molecular formula is C9H4ClF3N2O. The van der Waals surface area contributed by atoms with Crippen LogP contribution in [-0.2, 0) is 0 Å². The Hall–Kier alpha value is -1.56. The molecule has 0 unspecified atom stereocenters. The van der Waals surface area contributed by atoms with Gasteiger partial charge in [0.25, 0.3) is 0 Å². The van der Waals surface area contributed by atoms with Gasteiger partial charge in [-0.25, -0.2) is 4.98 Å².